The number of sulfonamides is 1. The summed E-state index contributed by atoms with van der Waals surface area (Å²) in [5, 5.41) is 1.93. The van der Waals surface area contributed by atoms with E-state index >= 15 is 0 Å². The molecule has 0 atom stereocenters. The van der Waals surface area contributed by atoms with E-state index < -0.39 is 10.0 Å². The Morgan fingerprint density at radius 3 is 2.65 bits per heavy atom. The van der Waals surface area contributed by atoms with Gasteiger partial charge in [0.25, 0.3) is 0 Å². The van der Waals surface area contributed by atoms with Crippen LogP contribution in [0.15, 0.2) is 45.1 Å². The standard InChI is InChI=1S/C13H13BrClNO2S2/c1-16(9-11-3-2-6-19-11)20(17,18)13-5-4-10(8-15)7-12(13)14/h2-7H,8-9H2,1H3. The predicted molar refractivity (Wildman–Crippen MR) is 86.7 cm³/mol. The zero-order valence-electron chi connectivity index (χ0n) is 10.7. The molecule has 2 rings (SSSR count). The van der Waals surface area contributed by atoms with Crippen LogP contribution in [0.4, 0.5) is 0 Å². The summed E-state index contributed by atoms with van der Waals surface area (Å²) in [7, 11) is -1.94. The molecule has 1 aromatic carbocycles. The monoisotopic (exact) mass is 393 g/mol. The molecule has 0 fully saturated rings. The second-order valence-corrected chi connectivity index (χ2v) is 8.41. The van der Waals surface area contributed by atoms with Crippen molar-refractivity contribution in [2.45, 2.75) is 17.3 Å². The summed E-state index contributed by atoms with van der Waals surface area (Å²) in [4.78, 5) is 1.26. The van der Waals surface area contributed by atoms with Gasteiger partial charge in [0.05, 0.1) is 4.90 Å². The molecule has 3 nitrogen and oxygen atoms in total. The predicted octanol–water partition coefficient (Wildman–Crippen LogP) is 4.07. The van der Waals surface area contributed by atoms with Crippen LogP contribution in [0.25, 0.3) is 0 Å². The number of benzene rings is 1. The molecule has 0 aliphatic carbocycles. The number of alkyl halides is 1. The summed E-state index contributed by atoms with van der Waals surface area (Å²) >= 11 is 10.6. The second-order valence-electron chi connectivity index (χ2n) is 4.24. The second kappa shape index (κ2) is 6.58. The highest BCUT2D eigenvalue weighted by molar-refractivity contribution is 9.10. The van der Waals surface area contributed by atoms with Gasteiger partial charge in [0, 0.05) is 28.8 Å². The van der Waals surface area contributed by atoms with Gasteiger partial charge in [-0.2, -0.15) is 4.31 Å². The summed E-state index contributed by atoms with van der Waals surface area (Å²) in [6.45, 7) is 0.365. The quantitative estimate of drug-likeness (QED) is 0.717. The minimum absolute atomic E-state index is 0.255. The third kappa shape index (κ3) is 3.43. The Labute approximate surface area is 136 Å². The van der Waals surface area contributed by atoms with Gasteiger partial charge in [0.2, 0.25) is 10.0 Å². The normalized spacial score (nSPS) is 12.0. The summed E-state index contributed by atoms with van der Waals surface area (Å²) in [5.74, 6) is 0.351. The molecule has 0 saturated carbocycles. The van der Waals surface area contributed by atoms with Gasteiger partial charge in [-0.05, 0) is 45.1 Å². The third-order valence-electron chi connectivity index (χ3n) is 2.80. The van der Waals surface area contributed by atoms with E-state index in [2.05, 4.69) is 15.9 Å². The Bertz CT molecular complexity index is 686. The summed E-state index contributed by atoms with van der Waals surface area (Å²) in [5.41, 5.74) is 0.874. The van der Waals surface area contributed by atoms with Crippen LogP contribution >= 0.6 is 38.9 Å². The van der Waals surface area contributed by atoms with Gasteiger partial charge >= 0.3 is 0 Å². The Hall–Kier alpha value is -0.400. The first-order chi connectivity index (χ1) is 9.45. The number of thiophene rings is 1. The maximum atomic E-state index is 12.5. The molecular weight excluding hydrogens is 382 g/mol. The molecule has 0 aliphatic heterocycles. The Morgan fingerprint density at radius 1 is 1.35 bits per heavy atom. The van der Waals surface area contributed by atoms with E-state index in [0.29, 0.717) is 16.9 Å². The summed E-state index contributed by atoms with van der Waals surface area (Å²) in [6.07, 6.45) is 0. The largest absolute Gasteiger partial charge is 0.244 e. The molecule has 0 bridgehead atoms. The van der Waals surface area contributed by atoms with Crippen LogP contribution in [0.3, 0.4) is 0 Å². The molecule has 1 heterocycles. The molecule has 0 unspecified atom stereocenters. The van der Waals surface area contributed by atoms with E-state index in [1.54, 1.807) is 25.2 Å². The minimum Gasteiger partial charge on any atom is -0.207 e. The van der Waals surface area contributed by atoms with Crippen molar-refractivity contribution < 1.29 is 8.42 Å². The van der Waals surface area contributed by atoms with Crippen molar-refractivity contribution in [1.29, 1.82) is 0 Å². The van der Waals surface area contributed by atoms with Crippen molar-refractivity contribution in [3.05, 3.63) is 50.6 Å². The number of hydrogen-bond donors (Lipinski definition) is 0. The zero-order chi connectivity index (χ0) is 14.8. The molecule has 7 heteroatoms. The van der Waals surface area contributed by atoms with Gasteiger partial charge in [0.1, 0.15) is 0 Å². The Kier molecular flexibility index (Phi) is 5.25. The van der Waals surface area contributed by atoms with E-state index in [1.165, 1.54) is 15.6 Å². The highest BCUT2D eigenvalue weighted by Crippen LogP contribution is 2.27. The maximum absolute atomic E-state index is 12.5. The minimum atomic E-state index is -3.52. The van der Waals surface area contributed by atoms with E-state index in [9.17, 15) is 8.42 Å². The van der Waals surface area contributed by atoms with Gasteiger partial charge in [-0.3, -0.25) is 0 Å². The molecule has 1 aromatic heterocycles. The van der Waals surface area contributed by atoms with Gasteiger partial charge in [-0.1, -0.05) is 12.1 Å². The first kappa shape index (κ1) is 16.0. The van der Waals surface area contributed by atoms with Crippen LogP contribution in [0.2, 0.25) is 0 Å². The highest BCUT2D eigenvalue weighted by Gasteiger charge is 2.23. The van der Waals surface area contributed by atoms with Crippen LogP contribution < -0.4 is 0 Å². The lowest BCUT2D eigenvalue weighted by atomic mass is 10.2. The molecule has 0 amide bonds. The fourth-order valence-electron chi connectivity index (χ4n) is 1.71. The van der Waals surface area contributed by atoms with Gasteiger partial charge < -0.3 is 0 Å². The van der Waals surface area contributed by atoms with Crippen molar-refractivity contribution in [2.75, 3.05) is 7.05 Å². The lowest BCUT2D eigenvalue weighted by Crippen LogP contribution is -2.26. The lowest BCUT2D eigenvalue weighted by Gasteiger charge is -2.17. The van der Waals surface area contributed by atoms with E-state index in [1.807, 2.05) is 17.5 Å². The SMILES string of the molecule is CN(Cc1cccs1)S(=O)(=O)c1ccc(CCl)cc1Br. The maximum Gasteiger partial charge on any atom is 0.244 e. The number of rotatable bonds is 5. The number of hydrogen-bond acceptors (Lipinski definition) is 3. The first-order valence-electron chi connectivity index (χ1n) is 5.78. The molecule has 0 spiro atoms. The first-order valence-corrected chi connectivity index (χ1v) is 9.43. The van der Waals surface area contributed by atoms with E-state index in [4.69, 9.17) is 11.6 Å². The van der Waals surface area contributed by atoms with Gasteiger partial charge in [-0.15, -0.1) is 22.9 Å². The van der Waals surface area contributed by atoms with Crippen molar-refractivity contribution in [2.24, 2.45) is 0 Å². The molecule has 108 valence electrons. The molecule has 20 heavy (non-hydrogen) atoms. The number of halogens is 2. The molecule has 0 aliphatic rings. The van der Waals surface area contributed by atoms with E-state index in [-0.39, 0.29) is 4.90 Å². The average Bonchev–Trinajstić information content (AvgIpc) is 2.91. The van der Waals surface area contributed by atoms with Crippen molar-refractivity contribution in [3.63, 3.8) is 0 Å². The third-order valence-corrected chi connectivity index (χ3v) is 6.75. The lowest BCUT2D eigenvalue weighted by molar-refractivity contribution is 0.469. The highest BCUT2D eigenvalue weighted by atomic mass is 79.9. The fourth-order valence-corrected chi connectivity index (χ4v) is 4.95. The number of nitrogens with zero attached hydrogens (tertiary/aromatic N) is 1. The van der Waals surface area contributed by atoms with E-state index in [0.717, 1.165) is 10.4 Å². The fraction of sp³-hybridized carbons (Fsp3) is 0.231. The van der Waals surface area contributed by atoms with Crippen LogP contribution in [-0.4, -0.2) is 19.8 Å². The van der Waals surface area contributed by atoms with Crippen LogP contribution in [-0.2, 0) is 22.4 Å². The van der Waals surface area contributed by atoms with Crippen LogP contribution in [0.1, 0.15) is 10.4 Å². The van der Waals surface area contributed by atoms with Crippen molar-refractivity contribution in [3.8, 4) is 0 Å². The molecule has 2 aromatic rings. The molecule has 0 N–H and O–H groups in total. The topological polar surface area (TPSA) is 37.4 Å². The van der Waals surface area contributed by atoms with Crippen molar-refractivity contribution >= 4 is 48.9 Å². The van der Waals surface area contributed by atoms with Crippen LogP contribution in [0, 0.1) is 0 Å². The smallest absolute Gasteiger partial charge is 0.207 e. The van der Waals surface area contributed by atoms with Crippen LogP contribution in [0.5, 0.6) is 0 Å². The molecular formula is C13H13BrClNO2S2. The Balaban J connectivity index is 2.30. The average molecular weight is 395 g/mol. The van der Waals surface area contributed by atoms with Gasteiger partial charge in [-0.25, -0.2) is 8.42 Å². The molecule has 0 radical (unpaired) electrons. The Morgan fingerprint density at radius 2 is 2.10 bits per heavy atom. The van der Waals surface area contributed by atoms with Gasteiger partial charge in [0.15, 0.2) is 0 Å². The summed E-state index contributed by atoms with van der Waals surface area (Å²) < 4.78 is 27.0. The van der Waals surface area contributed by atoms with Crippen molar-refractivity contribution in [1.82, 2.24) is 4.31 Å². The summed E-state index contributed by atoms with van der Waals surface area (Å²) in [6, 6.07) is 8.87. The molecule has 0 saturated heterocycles. The zero-order valence-corrected chi connectivity index (χ0v) is 14.7.